The second-order valence-electron chi connectivity index (χ2n) is 7.67. The Balaban J connectivity index is 1.87. The van der Waals surface area contributed by atoms with Gasteiger partial charge >= 0.3 is 0 Å². The van der Waals surface area contributed by atoms with Crippen molar-refractivity contribution in [1.29, 1.82) is 0 Å². The lowest BCUT2D eigenvalue weighted by molar-refractivity contribution is 0.276. The van der Waals surface area contributed by atoms with Crippen molar-refractivity contribution in [1.82, 2.24) is 8.61 Å². The number of hydrogen-bond donors (Lipinski definition) is 0. The smallest absolute Gasteiger partial charge is 0.207 e. The predicted molar refractivity (Wildman–Crippen MR) is 119 cm³/mol. The summed E-state index contributed by atoms with van der Waals surface area (Å²) in [7, 11) is -7.87. The number of hydrogen-bond acceptors (Lipinski definition) is 4. The maximum Gasteiger partial charge on any atom is 0.245 e. The fraction of sp³-hybridized carbons (Fsp3) is 0.217. The maximum atomic E-state index is 13.6. The fourth-order valence-corrected chi connectivity index (χ4v) is 7.40. The van der Waals surface area contributed by atoms with Crippen LogP contribution < -0.4 is 0 Å². The number of nitrogens with zero attached hydrogens (tertiary/aromatic N) is 2. The maximum absolute atomic E-state index is 13.6. The van der Waals surface area contributed by atoms with Crippen molar-refractivity contribution in [2.75, 3.05) is 6.54 Å². The van der Waals surface area contributed by atoms with Gasteiger partial charge in [-0.2, -0.15) is 8.61 Å². The Hall–Kier alpha value is -2.52. The van der Waals surface area contributed by atoms with Crippen LogP contribution in [0.15, 0.2) is 94.7 Å². The summed E-state index contributed by atoms with van der Waals surface area (Å²) < 4.78 is 56.9. The Kier molecular flexibility index (Phi) is 5.74. The third-order valence-electron chi connectivity index (χ3n) is 5.44. The van der Waals surface area contributed by atoms with Crippen molar-refractivity contribution in [3.05, 3.63) is 96.1 Å². The first-order valence-corrected chi connectivity index (χ1v) is 12.8. The molecule has 6 nitrogen and oxygen atoms in total. The SMILES string of the molecule is Cc1ccc(S(=O)(=O)N2C[C@H](C)N(S(=O)(=O)c3ccccc3)[C@@H]2c2ccccc2)cc1. The molecule has 3 aromatic rings. The minimum Gasteiger partial charge on any atom is -0.207 e. The van der Waals surface area contributed by atoms with Crippen LogP contribution in [0.5, 0.6) is 0 Å². The molecule has 0 amide bonds. The molecule has 1 heterocycles. The van der Waals surface area contributed by atoms with Gasteiger partial charge in [-0.1, -0.05) is 66.2 Å². The van der Waals surface area contributed by atoms with Gasteiger partial charge in [-0.05, 0) is 43.7 Å². The van der Waals surface area contributed by atoms with Gasteiger partial charge in [0, 0.05) is 12.6 Å². The molecule has 2 atom stereocenters. The molecule has 0 saturated carbocycles. The van der Waals surface area contributed by atoms with Gasteiger partial charge in [0.2, 0.25) is 20.0 Å². The lowest BCUT2D eigenvalue weighted by Gasteiger charge is -2.30. The van der Waals surface area contributed by atoms with E-state index in [4.69, 9.17) is 0 Å². The molecular weight excluding hydrogens is 432 g/mol. The highest BCUT2D eigenvalue weighted by molar-refractivity contribution is 7.90. The molecular formula is C23H24N2O4S2. The Morgan fingerprint density at radius 3 is 1.81 bits per heavy atom. The Morgan fingerprint density at radius 1 is 0.710 bits per heavy atom. The number of aryl methyl sites for hydroxylation is 1. The largest absolute Gasteiger partial charge is 0.245 e. The van der Waals surface area contributed by atoms with E-state index in [9.17, 15) is 16.8 Å². The first kappa shape index (κ1) is 21.7. The molecule has 0 bridgehead atoms. The van der Waals surface area contributed by atoms with Gasteiger partial charge in [-0.25, -0.2) is 16.8 Å². The van der Waals surface area contributed by atoms with E-state index in [1.165, 1.54) is 20.7 Å². The average Bonchev–Trinajstić information content (AvgIpc) is 3.14. The first-order chi connectivity index (χ1) is 14.7. The van der Waals surface area contributed by atoms with Crippen LogP contribution in [-0.2, 0) is 20.0 Å². The van der Waals surface area contributed by atoms with E-state index in [0.29, 0.717) is 5.56 Å². The number of benzene rings is 3. The minimum atomic E-state index is -3.94. The van der Waals surface area contributed by atoms with E-state index in [0.717, 1.165) is 5.56 Å². The molecule has 3 aromatic carbocycles. The highest BCUT2D eigenvalue weighted by Crippen LogP contribution is 2.41. The third kappa shape index (κ3) is 3.92. The van der Waals surface area contributed by atoms with Crippen LogP contribution in [0, 0.1) is 6.92 Å². The van der Waals surface area contributed by atoms with Gasteiger partial charge in [-0.15, -0.1) is 0 Å². The average molecular weight is 457 g/mol. The van der Waals surface area contributed by atoms with E-state index < -0.39 is 32.3 Å². The molecule has 1 saturated heterocycles. The van der Waals surface area contributed by atoms with Crippen LogP contribution >= 0.6 is 0 Å². The van der Waals surface area contributed by atoms with E-state index in [2.05, 4.69) is 0 Å². The monoisotopic (exact) mass is 456 g/mol. The highest BCUT2D eigenvalue weighted by Gasteiger charge is 2.50. The van der Waals surface area contributed by atoms with Gasteiger partial charge in [-0.3, -0.25) is 0 Å². The van der Waals surface area contributed by atoms with Crippen LogP contribution in [0.4, 0.5) is 0 Å². The summed E-state index contributed by atoms with van der Waals surface area (Å²) in [5.74, 6) is 0. The zero-order valence-electron chi connectivity index (χ0n) is 17.3. The van der Waals surface area contributed by atoms with Crippen LogP contribution in [0.3, 0.4) is 0 Å². The van der Waals surface area contributed by atoms with E-state index in [1.54, 1.807) is 73.7 Å². The topological polar surface area (TPSA) is 74.8 Å². The molecule has 1 aliphatic rings. The molecule has 0 unspecified atom stereocenters. The molecule has 1 aliphatic heterocycles. The summed E-state index contributed by atoms with van der Waals surface area (Å²) in [6.45, 7) is 3.68. The van der Waals surface area contributed by atoms with Crippen LogP contribution in [-0.4, -0.2) is 38.0 Å². The van der Waals surface area contributed by atoms with Gasteiger partial charge in [0.1, 0.15) is 6.17 Å². The van der Waals surface area contributed by atoms with Crippen molar-refractivity contribution >= 4 is 20.0 Å². The Labute approximate surface area is 183 Å². The van der Waals surface area contributed by atoms with Gasteiger partial charge in [0.25, 0.3) is 0 Å². The lowest BCUT2D eigenvalue weighted by Crippen LogP contribution is -2.39. The minimum absolute atomic E-state index is 0.0574. The summed E-state index contributed by atoms with van der Waals surface area (Å²) in [6.07, 6.45) is -0.979. The molecule has 0 aliphatic carbocycles. The summed E-state index contributed by atoms with van der Waals surface area (Å²) >= 11 is 0. The van der Waals surface area contributed by atoms with Crippen molar-refractivity contribution < 1.29 is 16.8 Å². The van der Waals surface area contributed by atoms with Crippen LogP contribution in [0.1, 0.15) is 24.2 Å². The van der Waals surface area contributed by atoms with E-state index in [1.807, 2.05) is 13.0 Å². The standard InChI is InChI=1S/C23H24N2O4S2/c1-18-13-15-22(16-14-18)30(26,27)24-17-19(2)25(23(24)20-9-5-3-6-10-20)31(28,29)21-11-7-4-8-12-21/h3-16,19,23H,17H2,1-2H3/t19-,23+/m0/s1. The molecule has 0 radical (unpaired) electrons. The predicted octanol–water partition coefficient (Wildman–Crippen LogP) is 3.78. The van der Waals surface area contributed by atoms with Gasteiger partial charge in [0.05, 0.1) is 9.79 Å². The van der Waals surface area contributed by atoms with Gasteiger partial charge in [0.15, 0.2) is 0 Å². The summed E-state index contributed by atoms with van der Waals surface area (Å²) in [5.41, 5.74) is 1.55. The molecule has 1 fully saturated rings. The van der Waals surface area contributed by atoms with E-state index >= 15 is 0 Å². The molecule has 4 rings (SSSR count). The summed E-state index contributed by atoms with van der Waals surface area (Å²) in [4.78, 5) is 0.280. The lowest BCUT2D eigenvalue weighted by atomic mass is 10.2. The second kappa shape index (κ2) is 8.20. The van der Waals surface area contributed by atoms with Crippen LogP contribution in [0.2, 0.25) is 0 Å². The normalized spacial score (nSPS) is 20.7. The quantitative estimate of drug-likeness (QED) is 0.586. The zero-order valence-corrected chi connectivity index (χ0v) is 18.9. The molecule has 162 valence electrons. The number of rotatable bonds is 5. The molecule has 0 N–H and O–H groups in total. The molecule has 31 heavy (non-hydrogen) atoms. The van der Waals surface area contributed by atoms with Crippen molar-refractivity contribution in [2.45, 2.75) is 35.8 Å². The number of sulfonamides is 2. The summed E-state index contributed by atoms with van der Waals surface area (Å²) in [6, 6.07) is 23.1. The summed E-state index contributed by atoms with van der Waals surface area (Å²) in [5, 5.41) is 0. The molecule has 0 spiro atoms. The third-order valence-corrected chi connectivity index (χ3v) is 9.25. The first-order valence-electron chi connectivity index (χ1n) is 9.95. The molecule has 8 heteroatoms. The Morgan fingerprint density at radius 2 is 1.23 bits per heavy atom. The fourth-order valence-electron chi connectivity index (χ4n) is 3.90. The van der Waals surface area contributed by atoms with E-state index in [-0.39, 0.29) is 16.3 Å². The van der Waals surface area contributed by atoms with Crippen molar-refractivity contribution in [3.63, 3.8) is 0 Å². The van der Waals surface area contributed by atoms with Gasteiger partial charge < -0.3 is 0 Å². The van der Waals surface area contributed by atoms with Crippen molar-refractivity contribution in [2.24, 2.45) is 0 Å². The highest BCUT2D eigenvalue weighted by atomic mass is 32.2. The van der Waals surface area contributed by atoms with Crippen molar-refractivity contribution in [3.8, 4) is 0 Å². The second-order valence-corrected chi connectivity index (χ2v) is 11.4. The zero-order chi connectivity index (χ0) is 22.2. The Bertz CT molecular complexity index is 1260. The molecule has 0 aromatic heterocycles. The van der Waals surface area contributed by atoms with Crippen LogP contribution in [0.25, 0.3) is 0 Å².